The topological polar surface area (TPSA) is 24.1 Å². The zero-order valence-electron chi connectivity index (χ0n) is 10.1. The second-order valence-electron chi connectivity index (χ2n) is 4.76. The Morgan fingerprint density at radius 3 is 2.87 bits per heavy atom. The summed E-state index contributed by atoms with van der Waals surface area (Å²) in [6.07, 6.45) is 8.87. The Labute approximate surface area is 94.5 Å². The van der Waals surface area contributed by atoms with Crippen LogP contribution in [-0.2, 0) is 0 Å². The van der Waals surface area contributed by atoms with Crippen molar-refractivity contribution in [1.82, 2.24) is 10.6 Å². The van der Waals surface area contributed by atoms with Gasteiger partial charge >= 0.3 is 0 Å². The van der Waals surface area contributed by atoms with Crippen molar-refractivity contribution in [3.8, 4) is 0 Å². The molecule has 2 nitrogen and oxygen atoms in total. The molecule has 1 aliphatic rings. The van der Waals surface area contributed by atoms with E-state index in [4.69, 9.17) is 0 Å². The van der Waals surface area contributed by atoms with Crippen molar-refractivity contribution in [3.05, 3.63) is 12.7 Å². The molecule has 2 N–H and O–H groups in total. The minimum atomic E-state index is 0.764. The van der Waals surface area contributed by atoms with E-state index < -0.39 is 0 Å². The summed E-state index contributed by atoms with van der Waals surface area (Å²) < 4.78 is 0. The second-order valence-corrected chi connectivity index (χ2v) is 4.76. The summed E-state index contributed by atoms with van der Waals surface area (Å²) in [5.74, 6) is 0.940. The summed E-state index contributed by atoms with van der Waals surface area (Å²) in [5, 5.41) is 6.96. The molecule has 0 aromatic rings. The van der Waals surface area contributed by atoms with Crippen LogP contribution in [0, 0.1) is 5.92 Å². The Hall–Kier alpha value is -0.340. The van der Waals surface area contributed by atoms with Crippen LogP contribution in [0.15, 0.2) is 12.7 Å². The maximum absolute atomic E-state index is 3.69. The van der Waals surface area contributed by atoms with Crippen LogP contribution in [0.25, 0.3) is 0 Å². The van der Waals surface area contributed by atoms with Gasteiger partial charge in [-0.25, -0.2) is 0 Å². The molecule has 0 amide bonds. The number of rotatable bonds is 6. The molecule has 2 heteroatoms. The van der Waals surface area contributed by atoms with Crippen LogP contribution in [0.5, 0.6) is 0 Å². The smallest absolute Gasteiger partial charge is 0.0132 e. The molecule has 0 radical (unpaired) electrons. The maximum Gasteiger partial charge on any atom is 0.0132 e. The van der Waals surface area contributed by atoms with E-state index in [0.29, 0.717) is 0 Å². The SMILES string of the molecule is C=CCNCCNC1CCCC(C)CC1. The first-order valence-electron chi connectivity index (χ1n) is 6.38. The normalized spacial score (nSPS) is 27.3. The van der Waals surface area contributed by atoms with Crippen LogP contribution in [0.4, 0.5) is 0 Å². The number of hydrogen-bond donors (Lipinski definition) is 2. The molecule has 2 atom stereocenters. The highest BCUT2D eigenvalue weighted by Crippen LogP contribution is 2.22. The van der Waals surface area contributed by atoms with E-state index in [1.54, 1.807) is 0 Å². The van der Waals surface area contributed by atoms with Crippen molar-refractivity contribution < 1.29 is 0 Å². The highest BCUT2D eigenvalue weighted by molar-refractivity contribution is 4.74. The van der Waals surface area contributed by atoms with E-state index in [1.165, 1.54) is 32.1 Å². The lowest BCUT2D eigenvalue weighted by Gasteiger charge is -2.16. The monoisotopic (exact) mass is 210 g/mol. The fourth-order valence-electron chi connectivity index (χ4n) is 2.26. The van der Waals surface area contributed by atoms with Gasteiger partial charge in [-0.05, 0) is 25.2 Å². The average Bonchev–Trinajstić information content (AvgIpc) is 2.43. The van der Waals surface area contributed by atoms with Gasteiger partial charge in [0, 0.05) is 25.7 Å². The van der Waals surface area contributed by atoms with E-state index in [0.717, 1.165) is 31.6 Å². The Morgan fingerprint density at radius 1 is 1.20 bits per heavy atom. The summed E-state index contributed by atoms with van der Waals surface area (Å²) in [5.41, 5.74) is 0. The molecule has 0 aliphatic heterocycles. The minimum Gasteiger partial charge on any atom is -0.313 e. The van der Waals surface area contributed by atoms with E-state index in [-0.39, 0.29) is 0 Å². The highest BCUT2D eigenvalue weighted by Gasteiger charge is 2.14. The van der Waals surface area contributed by atoms with Gasteiger partial charge in [0.05, 0.1) is 0 Å². The summed E-state index contributed by atoms with van der Waals surface area (Å²) in [4.78, 5) is 0. The Balaban J connectivity index is 2.02. The molecule has 1 aliphatic carbocycles. The van der Waals surface area contributed by atoms with E-state index >= 15 is 0 Å². The van der Waals surface area contributed by atoms with Crippen LogP contribution in [0.3, 0.4) is 0 Å². The van der Waals surface area contributed by atoms with Crippen LogP contribution in [0.2, 0.25) is 0 Å². The molecule has 0 saturated heterocycles. The predicted molar refractivity (Wildman–Crippen MR) is 67.1 cm³/mol. The molecule has 1 rings (SSSR count). The first-order chi connectivity index (χ1) is 7.33. The minimum absolute atomic E-state index is 0.764. The third-order valence-corrected chi connectivity index (χ3v) is 3.28. The third-order valence-electron chi connectivity index (χ3n) is 3.28. The van der Waals surface area contributed by atoms with Crippen LogP contribution in [-0.4, -0.2) is 25.7 Å². The summed E-state index contributed by atoms with van der Waals surface area (Å²) in [7, 11) is 0. The van der Waals surface area contributed by atoms with Gasteiger partial charge in [0.1, 0.15) is 0 Å². The third kappa shape index (κ3) is 5.95. The summed E-state index contributed by atoms with van der Waals surface area (Å²) in [6, 6.07) is 0.764. The molecule has 88 valence electrons. The van der Waals surface area contributed by atoms with Crippen LogP contribution >= 0.6 is 0 Å². The molecular formula is C13H26N2. The van der Waals surface area contributed by atoms with Crippen molar-refractivity contribution in [2.75, 3.05) is 19.6 Å². The molecule has 1 fully saturated rings. The number of nitrogens with one attached hydrogen (secondary N) is 2. The van der Waals surface area contributed by atoms with E-state index in [9.17, 15) is 0 Å². The fourth-order valence-corrected chi connectivity index (χ4v) is 2.26. The van der Waals surface area contributed by atoms with Gasteiger partial charge in [-0.2, -0.15) is 0 Å². The first kappa shape index (κ1) is 12.7. The lowest BCUT2D eigenvalue weighted by Crippen LogP contribution is -2.34. The molecule has 0 heterocycles. The maximum atomic E-state index is 3.69. The molecule has 0 bridgehead atoms. The molecule has 1 saturated carbocycles. The van der Waals surface area contributed by atoms with E-state index in [2.05, 4.69) is 24.1 Å². The van der Waals surface area contributed by atoms with E-state index in [1.807, 2.05) is 6.08 Å². The Bertz CT molecular complexity index is 168. The number of hydrogen-bond acceptors (Lipinski definition) is 2. The van der Waals surface area contributed by atoms with Crippen molar-refractivity contribution in [3.63, 3.8) is 0 Å². The largest absolute Gasteiger partial charge is 0.313 e. The van der Waals surface area contributed by atoms with Gasteiger partial charge in [-0.3, -0.25) is 0 Å². The zero-order valence-corrected chi connectivity index (χ0v) is 10.1. The molecule has 2 unspecified atom stereocenters. The quantitative estimate of drug-likeness (QED) is 0.399. The first-order valence-corrected chi connectivity index (χ1v) is 6.38. The average molecular weight is 210 g/mol. The zero-order chi connectivity index (χ0) is 10.9. The molecule has 15 heavy (non-hydrogen) atoms. The molecule has 0 spiro atoms. The Morgan fingerprint density at radius 2 is 2.07 bits per heavy atom. The van der Waals surface area contributed by atoms with Crippen molar-refractivity contribution >= 4 is 0 Å². The fraction of sp³-hybridized carbons (Fsp3) is 0.846. The second kappa shape index (κ2) is 7.89. The summed E-state index contributed by atoms with van der Waals surface area (Å²) in [6.45, 7) is 9.13. The standard InChI is InChI=1S/C13H26N2/c1-3-9-14-10-11-15-13-6-4-5-12(2)7-8-13/h3,12-15H,1,4-11H2,2H3. The van der Waals surface area contributed by atoms with Crippen LogP contribution in [0.1, 0.15) is 39.0 Å². The predicted octanol–water partition coefficient (Wildman–Crippen LogP) is 2.32. The van der Waals surface area contributed by atoms with Crippen molar-refractivity contribution in [1.29, 1.82) is 0 Å². The van der Waals surface area contributed by atoms with Gasteiger partial charge in [-0.1, -0.05) is 25.8 Å². The van der Waals surface area contributed by atoms with Gasteiger partial charge in [0.2, 0.25) is 0 Å². The van der Waals surface area contributed by atoms with Gasteiger partial charge in [-0.15, -0.1) is 6.58 Å². The Kier molecular flexibility index (Phi) is 6.69. The van der Waals surface area contributed by atoms with Gasteiger partial charge < -0.3 is 10.6 Å². The highest BCUT2D eigenvalue weighted by atomic mass is 15.0. The lowest BCUT2D eigenvalue weighted by molar-refractivity contribution is 0.446. The van der Waals surface area contributed by atoms with Crippen molar-refractivity contribution in [2.45, 2.75) is 45.1 Å². The van der Waals surface area contributed by atoms with Crippen molar-refractivity contribution in [2.24, 2.45) is 5.92 Å². The molecule has 0 aromatic heterocycles. The lowest BCUT2D eigenvalue weighted by atomic mass is 10.0. The molecule has 0 aromatic carbocycles. The summed E-state index contributed by atoms with van der Waals surface area (Å²) >= 11 is 0. The molecular weight excluding hydrogens is 184 g/mol. The van der Waals surface area contributed by atoms with Gasteiger partial charge in [0.15, 0.2) is 0 Å². The van der Waals surface area contributed by atoms with Gasteiger partial charge in [0.25, 0.3) is 0 Å². The van der Waals surface area contributed by atoms with Crippen LogP contribution < -0.4 is 10.6 Å².